The monoisotopic (exact) mass is 558 g/mol. The van der Waals surface area contributed by atoms with E-state index in [0.717, 1.165) is 35.2 Å². The number of para-hydroxylation sites is 1. The Morgan fingerprint density at radius 1 is 0.927 bits per heavy atom. The Bertz CT molecular complexity index is 1360. The fraction of sp³-hybridized carbons (Fsp3) is 0.344. The minimum atomic E-state index is -0.828. The highest BCUT2D eigenvalue weighted by Crippen LogP contribution is 2.37. The molecule has 1 saturated heterocycles. The molecule has 4 rings (SSSR count). The van der Waals surface area contributed by atoms with E-state index in [9.17, 15) is 19.5 Å². The maximum Gasteiger partial charge on any atom is 0.323 e. The fourth-order valence-electron chi connectivity index (χ4n) is 5.55. The first-order valence-corrected chi connectivity index (χ1v) is 13.8. The summed E-state index contributed by atoms with van der Waals surface area (Å²) in [6.45, 7) is 4.85. The first-order chi connectivity index (χ1) is 19.7. The van der Waals surface area contributed by atoms with Crippen molar-refractivity contribution in [2.75, 3.05) is 30.8 Å². The third-order valence-electron chi connectivity index (χ3n) is 7.62. The molecule has 216 valence electrons. The van der Waals surface area contributed by atoms with Crippen LogP contribution in [0.15, 0.2) is 72.8 Å². The van der Waals surface area contributed by atoms with Crippen molar-refractivity contribution in [2.45, 2.75) is 45.2 Å². The average Bonchev–Trinajstić information content (AvgIpc) is 2.96. The van der Waals surface area contributed by atoms with Gasteiger partial charge in [0.25, 0.3) is 0 Å². The van der Waals surface area contributed by atoms with E-state index in [1.165, 1.54) is 6.92 Å². The first kappa shape index (κ1) is 29.6. The van der Waals surface area contributed by atoms with Gasteiger partial charge >= 0.3 is 12.0 Å². The molecule has 0 bridgehead atoms. The Morgan fingerprint density at radius 2 is 1.59 bits per heavy atom. The highest BCUT2D eigenvalue weighted by molar-refractivity contribution is 6.01. The van der Waals surface area contributed by atoms with Crippen molar-refractivity contribution in [1.29, 1.82) is 0 Å². The Morgan fingerprint density at radius 3 is 2.22 bits per heavy atom. The number of benzene rings is 3. The highest BCUT2D eigenvalue weighted by Gasteiger charge is 2.32. The molecule has 1 aliphatic heterocycles. The largest absolute Gasteiger partial charge is 0.495 e. The van der Waals surface area contributed by atoms with Gasteiger partial charge in [-0.1, -0.05) is 54.6 Å². The molecule has 1 fully saturated rings. The van der Waals surface area contributed by atoms with Gasteiger partial charge in [0, 0.05) is 18.7 Å². The van der Waals surface area contributed by atoms with Crippen LogP contribution < -0.4 is 20.7 Å². The summed E-state index contributed by atoms with van der Waals surface area (Å²) in [6.07, 6.45) is 1.61. The number of carbonyl (C=O) groups is 3. The van der Waals surface area contributed by atoms with Crippen LogP contribution in [0.25, 0.3) is 0 Å². The molecule has 3 aromatic rings. The summed E-state index contributed by atoms with van der Waals surface area (Å²) in [4.78, 5) is 38.8. The van der Waals surface area contributed by atoms with Gasteiger partial charge in [-0.05, 0) is 73.7 Å². The summed E-state index contributed by atoms with van der Waals surface area (Å²) >= 11 is 0. The number of likely N-dealkylation sites (tertiary alicyclic amines) is 1. The predicted molar refractivity (Wildman–Crippen MR) is 159 cm³/mol. The third-order valence-corrected chi connectivity index (χ3v) is 7.62. The standard InChI is InChI=1S/C32H38N4O5/c1-21-9-7-8-12-26(21)34-32(40)35-27-14-13-25(19-29(27)41-3)31(33-22(2)37)24-15-17-36(18-16-24)28(20-30(38)39)23-10-5-4-6-11-23/h4-14,19,24,28,31H,15-18,20H2,1-3H3,(H,33,37)(H,38,39)(H2,34,35,40). The number of carboxylic acid groups (broad SMARTS) is 1. The molecule has 9 heteroatoms. The Kier molecular flexibility index (Phi) is 9.97. The highest BCUT2D eigenvalue weighted by atomic mass is 16.5. The second kappa shape index (κ2) is 13.8. The molecule has 9 nitrogen and oxygen atoms in total. The minimum absolute atomic E-state index is 0.0346. The number of nitrogens with one attached hydrogen (secondary N) is 3. The van der Waals surface area contributed by atoms with E-state index < -0.39 is 5.97 Å². The van der Waals surface area contributed by atoms with Crippen molar-refractivity contribution in [2.24, 2.45) is 5.92 Å². The van der Waals surface area contributed by atoms with Crippen LogP contribution in [-0.2, 0) is 9.59 Å². The summed E-state index contributed by atoms with van der Waals surface area (Å²) in [5.74, 6) is -0.334. The van der Waals surface area contributed by atoms with Crippen LogP contribution >= 0.6 is 0 Å². The molecule has 0 aromatic heterocycles. The number of aliphatic carboxylic acids is 1. The Balaban J connectivity index is 1.48. The molecule has 1 heterocycles. The molecule has 0 spiro atoms. The molecule has 0 radical (unpaired) electrons. The van der Waals surface area contributed by atoms with Gasteiger partial charge in [-0.2, -0.15) is 0 Å². The topological polar surface area (TPSA) is 120 Å². The van der Waals surface area contributed by atoms with Gasteiger partial charge < -0.3 is 25.8 Å². The zero-order chi connectivity index (χ0) is 29.4. The lowest BCUT2D eigenvalue weighted by molar-refractivity contribution is -0.138. The van der Waals surface area contributed by atoms with E-state index in [0.29, 0.717) is 24.5 Å². The van der Waals surface area contributed by atoms with Gasteiger partial charge in [0.15, 0.2) is 0 Å². The summed E-state index contributed by atoms with van der Waals surface area (Å²) < 4.78 is 5.62. The predicted octanol–water partition coefficient (Wildman–Crippen LogP) is 5.75. The fourth-order valence-corrected chi connectivity index (χ4v) is 5.55. The second-order valence-corrected chi connectivity index (χ2v) is 10.4. The normalized spacial score (nSPS) is 15.4. The minimum Gasteiger partial charge on any atom is -0.495 e. The third kappa shape index (κ3) is 7.85. The van der Waals surface area contributed by atoms with E-state index >= 15 is 0 Å². The Hall–Kier alpha value is -4.37. The number of hydrogen-bond donors (Lipinski definition) is 4. The SMILES string of the molecule is COc1cc(C(NC(C)=O)C2CCN(C(CC(=O)O)c3ccccc3)CC2)ccc1NC(=O)Nc1ccccc1C. The van der Waals surface area contributed by atoms with Crippen molar-refractivity contribution in [1.82, 2.24) is 10.2 Å². The molecule has 4 N–H and O–H groups in total. The zero-order valence-corrected chi connectivity index (χ0v) is 23.7. The summed E-state index contributed by atoms with van der Waals surface area (Å²) in [5, 5.41) is 18.4. The number of aryl methyl sites for hydroxylation is 1. The van der Waals surface area contributed by atoms with Crippen LogP contribution in [-0.4, -0.2) is 48.1 Å². The van der Waals surface area contributed by atoms with Gasteiger partial charge in [-0.15, -0.1) is 0 Å². The van der Waals surface area contributed by atoms with Crippen LogP contribution in [0.1, 0.15) is 55.0 Å². The molecule has 2 atom stereocenters. The molecule has 41 heavy (non-hydrogen) atoms. The maximum atomic E-state index is 12.7. The van der Waals surface area contributed by atoms with Gasteiger partial charge in [0.2, 0.25) is 5.91 Å². The zero-order valence-electron chi connectivity index (χ0n) is 23.7. The van der Waals surface area contributed by atoms with Crippen LogP contribution in [0.2, 0.25) is 0 Å². The molecular formula is C32H38N4O5. The van der Waals surface area contributed by atoms with Crippen molar-refractivity contribution < 1.29 is 24.2 Å². The second-order valence-electron chi connectivity index (χ2n) is 10.4. The van der Waals surface area contributed by atoms with E-state index in [1.807, 2.05) is 73.7 Å². The number of urea groups is 1. The van der Waals surface area contributed by atoms with E-state index in [4.69, 9.17) is 4.74 Å². The molecule has 2 unspecified atom stereocenters. The lowest BCUT2D eigenvalue weighted by atomic mass is 9.84. The smallest absolute Gasteiger partial charge is 0.323 e. The van der Waals surface area contributed by atoms with Crippen LogP contribution in [0.5, 0.6) is 5.75 Å². The van der Waals surface area contributed by atoms with E-state index in [2.05, 4.69) is 20.9 Å². The lowest BCUT2D eigenvalue weighted by Gasteiger charge is -2.40. The number of hydrogen-bond acceptors (Lipinski definition) is 5. The number of nitrogens with zero attached hydrogens (tertiary/aromatic N) is 1. The summed E-state index contributed by atoms with van der Waals surface area (Å²) in [6, 6.07) is 22.0. The Labute approximate surface area is 240 Å². The molecule has 0 saturated carbocycles. The van der Waals surface area contributed by atoms with Crippen molar-refractivity contribution in [3.63, 3.8) is 0 Å². The van der Waals surface area contributed by atoms with Crippen molar-refractivity contribution >= 4 is 29.3 Å². The quantitative estimate of drug-likeness (QED) is 0.251. The molecule has 0 aliphatic carbocycles. The van der Waals surface area contributed by atoms with Gasteiger partial charge in [0.1, 0.15) is 5.75 Å². The molecular weight excluding hydrogens is 520 g/mol. The van der Waals surface area contributed by atoms with Crippen molar-refractivity contribution in [3.8, 4) is 5.75 Å². The molecule has 3 aromatic carbocycles. The van der Waals surface area contributed by atoms with E-state index in [-0.39, 0.29) is 36.4 Å². The van der Waals surface area contributed by atoms with Gasteiger partial charge in [0.05, 0.1) is 25.3 Å². The number of carbonyl (C=O) groups excluding carboxylic acids is 2. The summed E-state index contributed by atoms with van der Waals surface area (Å²) in [5.41, 5.74) is 4.05. The van der Waals surface area contributed by atoms with Gasteiger partial charge in [-0.25, -0.2) is 4.79 Å². The maximum absolute atomic E-state index is 12.7. The number of carboxylic acids is 1. The number of piperidine rings is 1. The van der Waals surface area contributed by atoms with E-state index in [1.54, 1.807) is 13.2 Å². The summed E-state index contributed by atoms with van der Waals surface area (Å²) in [7, 11) is 1.54. The number of anilines is 2. The van der Waals surface area contributed by atoms with Crippen LogP contribution in [0, 0.1) is 12.8 Å². The lowest BCUT2D eigenvalue weighted by Crippen LogP contribution is -2.42. The molecule has 1 aliphatic rings. The first-order valence-electron chi connectivity index (χ1n) is 13.8. The average molecular weight is 559 g/mol. The molecule has 3 amide bonds. The number of methoxy groups -OCH3 is 1. The van der Waals surface area contributed by atoms with Crippen molar-refractivity contribution in [3.05, 3.63) is 89.5 Å². The van der Waals surface area contributed by atoms with Gasteiger partial charge in [-0.3, -0.25) is 14.5 Å². The van der Waals surface area contributed by atoms with Crippen LogP contribution in [0.4, 0.5) is 16.2 Å². The number of rotatable bonds is 10. The van der Waals surface area contributed by atoms with Crippen LogP contribution in [0.3, 0.4) is 0 Å². The number of ether oxygens (including phenoxy) is 1. The number of amides is 3.